The molecule has 0 saturated heterocycles. The SMILES string of the molecule is CC1(C)CC(=O)C2C(=Nc3ccccc3N(C(=O)c3ccc(Br)cc3)C2c2cccc([N+](=O)[O-])c2)C1. The predicted octanol–water partition coefficient (Wildman–Crippen LogP) is 6.84. The number of halogens is 1. The van der Waals surface area contributed by atoms with Crippen molar-refractivity contribution in [3.63, 3.8) is 0 Å². The number of amides is 1. The van der Waals surface area contributed by atoms with Crippen LogP contribution in [0.25, 0.3) is 0 Å². The molecule has 7 nitrogen and oxygen atoms in total. The van der Waals surface area contributed by atoms with Crippen molar-refractivity contribution in [1.82, 2.24) is 0 Å². The van der Waals surface area contributed by atoms with Crippen LogP contribution in [0.2, 0.25) is 0 Å². The van der Waals surface area contributed by atoms with E-state index in [0.29, 0.717) is 41.1 Å². The minimum absolute atomic E-state index is 0.0251. The van der Waals surface area contributed by atoms with Crippen molar-refractivity contribution in [3.05, 3.63) is 98.5 Å². The van der Waals surface area contributed by atoms with Gasteiger partial charge in [0.05, 0.1) is 28.3 Å². The van der Waals surface area contributed by atoms with Gasteiger partial charge in [-0.3, -0.25) is 29.6 Å². The van der Waals surface area contributed by atoms with E-state index in [4.69, 9.17) is 4.99 Å². The van der Waals surface area contributed by atoms with Crippen molar-refractivity contribution in [3.8, 4) is 0 Å². The standard InChI is InChI=1S/C28H24BrN3O4/c1-28(2)15-22-25(24(33)16-28)26(18-6-5-7-20(14-18)32(35)36)31(23-9-4-3-8-21(23)30-22)27(34)17-10-12-19(29)13-11-17/h3-14,25-26H,15-16H2,1-2H3. The summed E-state index contributed by atoms with van der Waals surface area (Å²) in [7, 11) is 0. The van der Waals surface area contributed by atoms with Gasteiger partial charge in [0.15, 0.2) is 0 Å². The Labute approximate surface area is 217 Å². The zero-order chi connectivity index (χ0) is 25.6. The Morgan fingerprint density at radius 2 is 1.78 bits per heavy atom. The lowest BCUT2D eigenvalue weighted by atomic mass is 9.68. The second-order valence-electron chi connectivity index (χ2n) is 10.0. The summed E-state index contributed by atoms with van der Waals surface area (Å²) >= 11 is 3.41. The molecule has 1 amide bonds. The summed E-state index contributed by atoms with van der Waals surface area (Å²) in [5.41, 5.74) is 2.46. The molecule has 36 heavy (non-hydrogen) atoms. The van der Waals surface area contributed by atoms with Crippen LogP contribution in [0.15, 0.2) is 82.3 Å². The van der Waals surface area contributed by atoms with Crippen molar-refractivity contribution in [2.45, 2.75) is 32.7 Å². The van der Waals surface area contributed by atoms with Crippen LogP contribution >= 0.6 is 15.9 Å². The molecular weight excluding hydrogens is 522 g/mol. The van der Waals surface area contributed by atoms with E-state index in [0.717, 1.165) is 4.47 Å². The van der Waals surface area contributed by atoms with Gasteiger partial charge in [0.1, 0.15) is 5.78 Å². The van der Waals surface area contributed by atoms with E-state index in [-0.39, 0.29) is 22.8 Å². The van der Waals surface area contributed by atoms with Gasteiger partial charge in [0.2, 0.25) is 0 Å². The highest BCUT2D eigenvalue weighted by Gasteiger charge is 2.48. The van der Waals surface area contributed by atoms with Crippen molar-refractivity contribution in [2.75, 3.05) is 4.90 Å². The number of carbonyl (C=O) groups excluding carboxylic acids is 2. The van der Waals surface area contributed by atoms with Crippen LogP contribution in [0.1, 0.15) is 48.7 Å². The molecule has 182 valence electrons. The molecule has 2 unspecified atom stereocenters. The van der Waals surface area contributed by atoms with Crippen LogP contribution in [0.4, 0.5) is 17.1 Å². The zero-order valence-corrected chi connectivity index (χ0v) is 21.4. The summed E-state index contributed by atoms with van der Waals surface area (Å²) in [5, 5.41) is 11.6. The second kappa shape index (κ2) is 9.09. The maximum atomic E-state index is 14.2. The number of nitrogens with zero attached hydrogens (tertiary/aromatic N) is 3. The van der Waals surface area contributed by atoms with Crippen LogP contribution in [0, 0.1) is 21.4 Å². The highest BCUT2D eigenvalue weighted by atomic mass is 79.9. The molecule has 1 aliphatic carbocycles. The first-order chi connectivity index (χ1) is 17.1. The predicted molar refractivity (Wildman–Crippen MR) is 142 cm³/mol. The summed E-state index contributed by atoms with van der Waals surface area (Å²) in [6.07, 6.45) is 0.919. The lowest BCUT2D eigenvalue weighted by Gasteiger charge is -2.41. The van der Waals surface area contributed by atoms with Crippen molar-refractivity contribution < 1.29 is 14.5 Å². The third-order valence-corrected chi connectivity index (χ3v) is 7.28. The fraction of sp³-hybridized carbons (Fsp3) is 0.250. The minimum Gasteiger partial charge on any atom is -0.299 e. The number of benzene rings is 3. The highest BCUT2D eigenvalue weighted by Crippen LogP contribution is 2.48. The Bertz CT molecular complexity index is 1410. The molecule has 1 aliphatic heterocycles. The number of ketones is 1. The summed E-state index contributed by atoms with van der Waals surface area (Å²) in [5.74, 6) is -1.05. The Morgan fingerprint density at radius 3 is 2.50 bits per heavy atom. The molecule has 3 aromatic rings. The fourth-order valence-corrected chi connectivity index (χ4v) is 5.51. The molecule has 1 heterocycles. The number of rotatable bonds is 3. The number of fused-ring (bicyclic) bond motifs is 2. The molecule has 3 aromatic carbocycles. The molecule has 0 spiro atoms. The number of aliphatic imine (C=N–C) groups is 1. The molecule has 8 heteroatoms. The quantitative estimate of drug-likeness (QED) is 0.266. The van der Waals surface area contributed by atoms with Gasteiger partial charge in [0.25, 0.3) is 11.6 Å². The normalized spacial score (nSPS) is 20.6. The zero-order valence-electron chi connectivity index (χ0n) is 19.8. The molecule has 0 radical (unpaired) electrons. The number of para-hydroxylation sites is 2. The van der Waals surface area contributed by atoms with Crippen LogP contribution < -0.4 is 4.90 Å². The second-order valence-corrected chi connectivity index (χ2v) is 10.9. The molecular formula is C28H24BrN3O4. The summed E-state index contributed by atoms with van der Waals surface area (Å²) in [4.78, 5) is 45.6. The van der Waals surface area contributed by atoms with Crippen LogP contribution in [-0.2, 0) is 4.79 Å². The van der Waals surface area contributed by atoms with Gasteiger partial charge in [-0.2, -0.15) is 0 Å². The number of hydrogen-bond acceptors (Lipinski definition) is 5. The van der Waals surface area contributed by atoms with Gasteiger partial charge >= 0.3 is 0 Å². The van der Waals surface area contributed by atoms with E-state index in [1.165, 1.54) is 12.1 Å². The summed E-state index contributed by atoms with van der Waals surface area (Å²) < 4.78 is 0.834. The van der Waals surface area contributed by atoms with Gasteiger partial charge in [-0.25, -0.2) is 0 Å². The van der Waals surface area contributed by atoms with Crippen molar-refractivity contribution in [2.24, 2.45) is 16.3 Å². The molecule has 2 aliphatic rings. The topological polar surface area (TPSA) is 92.9 Å². The first-order valence-corrected chi connectivity index (χ1v) is 12.5. The maximum Gasteiger partial charge on any atom is 0.269 e. The number of nitro groups is 1. The molecule has 0 bridgehead atoms. The molecule has 0 N–H and O–H groups in total. The number of nitro benzene ring substituents is 1. The highest BCUT2D eigenvalue weighted by molar-refractivity contribution is 9.10. The maximum absolute atomic E-state index is 14.2. The molecule has 1 saturated carbocycles. The van der Waals surface area contributed by atoms with Gasteiger partial charge < -0.3 is 0 Å². The molecule has 0 aromatic heterocycles. The van der Waals surface area contributed by atoms with E-state index in [9.17, 15) is 19.7 Å². The van der Waals surface area contributed by atoms with Crippen molar-refractivity contribution in [1.29, 1.82) is 0 Å². The van der Waals surface area contributed by atoms with Crippen LogP contribution in [0.5, 0.6) is 0 Å². The lowest BCUT2D eigenvalue weighted by Crippen LogP contribution is -2.47. The number of Topliss-reactive ketones (excluding diaryl/α,β-unsaturated/α-hetero) is 1. The Morgan fingerprint density at radius 1 is 1.06 bits per heavy atom. The Hall–Kier alpha value is -3.65. The van der Waals surface area contributed by atoms with E-state index < -0.39 is 16.9 Å². The van der Waals surface area contributed by atoms with Gasteiger partial charge in [-0.05, 0) is 53.8 Å². The summed E-state index contributed by atoms with van der Waals surface area (Å²) in [6.45, 7) is 4.07. The first kappa shape index (κ1) is 24.1. The first-order valence-electron chi connectivity index (χ1n) is 11.7. The minimum atomic E-state index is -0.785. The van der Waals surface area contributed by atoms with Gasteiger partial charge in [-0.15, -0.1) is 0 Å². The molecule has 1 fully saturated rings. The summed E-state index contributed by atoms with van der Waals surface area (Å²) in [6, 6.07) is 19.8. The molecule has 2 atom stereocenters. The Balaban J connectivity index is 1.78. The number of non-ortho nitro benzene ring substituents is 1. The Kier molecular flexibility index (Phi) is 6.08. The number of anilines is 1. The van der Waals surface area contributed by atoms with Crippen molar-refractivity contribution >= 4 is 50.4 Å². The van der Waals surface area contributed by atoms with E-state index >= 15 is 0 Å². The van der Waals surface area contributed by atoms with E-state index in [2.05, 4.69) is 15.9 Å². The average Bonchev–Trinajstić information content (AvgIpc) is 2.97. The van der Waals surface area contributed by atoms with Crippen LogP contribution in [0.3, 0.4) is 0 Å². The van der Waals surface area contributed by atoms with Gasteiger partial charge in [0, 0.05) is 34.3 Å². The monoisotopic (exact) mass is 545 g/mol. The largest absolute Gasteiger partial charge is 0.299 e. The third-order valence-electron chi connectivity index (χ3n) is 6.75. The van der Waals surface area contributed by atoms with E-state index in [1.54, 1.807) is 41.3 Å². The number of hydrogen-bond donors (Lipinski definition) is 0. The fourth-order valence-electron chi connectivity index (χ4n) is 5.24. The number of carbonyl (C=O) groups is 2. The lowest BCUT2D eigenvalue weighted by molar-refractivity contribution is -0.384. The average molecular weight is 546 g/mol. The third kappa shape index (κ3) is 4.37. The molecule has 5 rings (SSSR count). The van der Waals surface area contributed by atoms with Gasteiger partial charge in [-0.1, -0.05) is 54.0 Å². The smallest absolute Gasteiger partial charge is 0.269 e. The van der Waals surface area contributed by atoms with Crippen LogP contribution in [-0.4, -0.2) is 22.3 Å². The van der Waals surface area contributed by atoms with E-state index in [1.807, 2.05) is 38.1 Å².